The predicted molar refractivity (Wildman–Crippen MR) is 71.3 cm³/mol. The van der Waals surface area contributed by atoms with Gasteiger partial charge < -0.3 is 15.2 Å². The first kappa shape index (κ1) is 13.8. The molecule has 20 heavy (non-hydrogen) atoms. The fourth-order valence-corrected chi connectivity index (χ4v) is 3.93. The monoisotopic (exact) mass is 282 g/mol. The third kappa shape index (κ3) is 2.54. The maximum Gasteiger partial charge on any atom is 0.322 e. The molecule has 2 saturated heterocycles. The van der Waals surface area contributed by atoms with Crippen molar-refractivity contribution < 1.29 is 19.4 Å². The molecule has 0 radical (unpaired) electrons. The zero-order chi connectivity index (χ0) is 14.2. The topological polar surface area (TPSA) is 78.9 Å². The third-order valence-corrected chi connectivity index (χ3v) is 4.95. The summed E-state index contributed by atoms with van der Waals surface area (Å²) in [5.74, 6) is -0.925. The normalized spacial score (nSPS) is 34.1. The van der Waals surface area contributed by atoms with Gasteiger partial charge in [0.05, 0.1) is 12.1 Å². The number of hydrogen-bond acceptors (Lipinski definition) is 4. The lowest BCUT2D eigenvalue weighted by Gasteiger charge is -2.45. The van der Waals surface area contributed by atoms with Gasteiger partial charge in [-0.05, 0) is 25.7 Å². The number of carbonyl (C=O) groups excluding carboxylic acids is 1. The number of carbonyl (C=O) groups is 2. The van der Waals surface area contributed by atoms with E-state index in [4.69, 9.17) is 4.74 Å². The molecular weight excluding hydrogens is 260 g/mol. The van der Waals surface area contributed by atoms with E-state index in [0.29, 0.717) is 6.61 Å². The van der Waals surface area contributed by atoms with E-state index in [-0.39, 0.29) is 30.6 Å². The van der Waals surface area contributed by atoms with Crippen molar-refractivity contribution in [2.75, 3.05) is 19.7 Å². The van der Waals surface area contributed by atoms with E-state index in [9.17, 15) is 14.7 Å². The number of carboxylic acids is 1. The summed E-state index contributed by atoms with van der Waals surface area (Å²) in [6.45, 7) is 1.07. The largest absolute Gasteiger partial charge is 0.480 e. The Bertz CT molecular complexity index is 406. The van der Waals surface area contributed by atoms with Crippen molar-refractivity contribution in [3.8, 4) is 0 Å². The summed E-state index contributed by atoms with van der Waals surface area (Å²) in [6, 6.07) is -0.455. The number of amides is 1. The lowest BCUT2D eigenvalue weighted by atomic mass is 9.87. The molecule has 0 aromatic rings. The number of carboxylic acid groups (broad SMARTS) is 1. The van der Waals surface area contributed by atoms with Crippen LogP contribution in [0.2, 0.25) is 0 Å². The van der Waals surface area contributed by atoms with E-state index in [1.54, 1.807) is 0 Å². The van der Waals surface area contributed by atoms with Crippen molar-refractivity contribution in [2.24, 2.45) is 0 Å². The highest BCUT2D eigenvalue weighted by atomic mass is 16.5. The highest BCUT2D eigenvalue weighted by molar-refractivity contribution is 5.83. The Morgan fingerprint density at radius 3 is 2.85 bits per heavy atom. The van der Waals surface area contributed by atoms with Crippen LogP contribution in [0.1, 0.15) is 38.5 Å². The number of piperazine rings is 1. The Balaban J connectivity index is 1.75. The van der Waals surface area contributed by atoms with Crippen LogP contribution in [0, 0.1) is 0 Å². The minimum atomic E-state index is -0.850. The van der Waals surface area contributed by atoms with Crippen molar-refractivity contribution in [1.29, 1.82) is 0 Å². The number of nitrogens with zero attached hydrogens (tertiary/aromatic N) is 1. The summed E-state index contributed by atoms with van der Waals surface area (Å²) in [7, 11) is 0. The second-order valence-corrected chi connectivity index (χ2v) is 6.22. The minimum absolute atomic E-state index is 0.0557. The number of aliphatic carboxylic acids is 1. The number of rotatable bonds is 2. The van der Waals surface area contributed by atoms with Gasteiger partial charge in [-0.2, -0.15) is 0 Å². The number of nitrogens with one attached hydrogen (secondary N) is 1. The molecule has 2 unspecified atom stereocenters. The molecule has 2 aliphatic heterocycles. The molecule has 2 heterocycles. The molecule has 0 aromatic heterocycles. The van der Waals surface area contributed by atoms with Gasteiger partial charge in [-0.25, -0.2) is 0 Å². The van der Waals surface area contributed by atoms with Crippen molar-refractivity contribution in [2.45, 2.75) is 56.2 Å². The Kier molecular flexibility index (Phi) is 3.69. The van der Waals surface area contributed by atoms with E-state index >= 15 is 0 Å². The van der Waals surface area contributed by atoms with Crippen LogP contribution in [0.3, 0.4) is 0 Å². The number of hydrogen-bond donors (Lipinski definition) is 2. The molecule has 3 rings (SSSR count). The van der Waals surface area contributed by atoms with E-state index in [1.165, 1.54) is 12.8 Å². The molecule has 1 saturated carbocycles. The van der Waals surface area contributed by atoms with Gasteiger partial charge in [-0.3, -0.25) is 14.5 Å². The van der Waals surface area contributed by atoms with Gasteiger partial charge in [0.25, 0.3) is 0 Å². The number of ether oxygens (including phenoxy) is 1. The van der Waals surface area contributed by atoms with Crippen LogP contribution in [0.25, 0.3) is 0 Å². The van der Waals surface area contributed by atoms with Crippen LogP contribution in [0.15, 0.2) is 0 Å². The van der Waals surface area contributed by atoms with Crippen LogP contribution in [0.5, 0.6) is 0 Å². The quantitative estimate of drug-likeness (QED) is 0.764. The first-order chi connectivity index (χ1) is 9.60. The SMILES string of the molecule is O=C1CN(C2CCOC3(CCCC3)C2)C(C(=O)O)CN1. The van der Waals surface area contributed by atoms with Crippen LogP contribution in [0.4, 0.5) is 0 Å². The third-order valence-electron chi connectivity index (χ3n) is 4.95. The smallest absolute Gasteiger partial charge is 0.322 e. The Morgan fingerprint density at radius 2 is 2.15 bits per heavy atom. The summed E-state index contributed by atoms with van der Waals surface area (Å²) in [5, 5.41) is 12.0. The van der Waals surface area contributed by atoms with Crippen molar-refractivity contribution in [1.82, 2.24) is 10.2 Å². The molecular formula is C14H22N2O4. The van der Waals surface area contributed by atoms with Crippen LogP contribution in [-0.4, -0.2) is 59.3 Å². The van der Waals surface area contributed by atoms with Gasteiger partial charge in [-0.15, -0.1) is 0 Å². The molecule has 6 heteroatoms. The van der Waals surface area contributed by atoms with Crippen molar-refractivity contribution in [3.05, 3.63) is 0 Å². The lowest BCUT2D eigenvalue weighted by molar-refractivity contribution is -0.153. The maximum absolute atomic E-state index is 11.6. The molecule has 3 fully saturated rings. The minimum Gasteiger partial charge on any atom is -0.480 e. The molecule has 6 nitrogen and oxygen atoms in total. The molecule has 2 N–H and O–H groups in total. The standard InChI is InChI=1S/C14H22N2O4/c17-12-9-16(11(8-15-12)13(18)19)10-3-6-20-14(7-10)4-1-2-5-14/h10-11H,1-9H2,(H,15,17)(H,18,19). The van der Waals surface area contributed by atoms with Crippen LogP contribution in [-0.2, 0) is 14.3 Å². The molecule has 112 valence electrons. The van der Waals surface area contributed by atoms with Gasteiger partial charge >= 0.3 is 5.97 Å². The average Bonchev–Trinajstić information content (AvgIpc) is 2.86. The Hall–Kier alpha value is -1.14. The van der Waals surface area contributed by atoms with E-state index in [0.717, 1.165) is 25.7 Å². The molecule has 1 spiro atoms. The van der Waals surface area contributed by atoms with E-state index in [1.807, 2.05) is 4.90 Å². The highest BCUT2D eigenvalue weighted by Gasteiger charge is 2.45. The zero-order valence-corrected chi connectivity index (χ0v) is 11.6. The van der Waals surface area contributed by atoms with E-state index < -0.39 is 12.0 Å². The first-order valence-electron chi connectivity index (χ1n) is 7.49. The van der Waals surface area contributed by atoms with Crippen LogP contribution < -0.4 is 5.32 Å². The molecule has 1 amide bonds. The molecule has 1 aliphatic carbocycles. The summed E-state index contributed by atoms with van der Waals surface area (Å²) in [6.07, 6.45) is 6.20. The fraction of sp³-hybridized carbons (Fsp3) is 0.857. The molecule has 3 aliphatic rings. The average molecular weight is 282 g/mol. The lowest BCUT2D eigenvalue weighted by Crippen LogP contribution is -2.62. The van der Waals surface area contributed by atoms with Crippen molar-refractivity contribution >= 4 is 11.9 Å². The fourth-order valence-electron chi connectivity index (χ4n) is 3.93. The van der Waals surface area contributed by atoms with Gasteiger partial charge in [0.2, 0.25) is 5.91 Å². The molecule has 0 aromatic carbocycles. The summed E-state index contributed by atoms with van der Waals surface area (Å²) < 4.78 is 6.00. The predicted octanol–water partition coefficient (Wildman–Crippen LogP) is 0.363. The summed E-state index contributed by atoms with van der Waals surface area (Å²) >= 11 is 0. The van der Waals surface area contributed by atoms with Crippen LogP contribution >= 0.6 is 0 Å². The summed E-state index contributed by atoms with van der Waals surface area (Å²) in [5.41, 5.74) is -0.0557. The first-order valence-corrected chi connectivity index (χ1v) is 7.49. The second-order valence-electron chi connectivity index (χ2n) is 6.22. The highest BCUT2D eigenvalue weighted by Crippen LogP contribution is 2.41. The van der Waals surface area contributed by atoms with E-state index in [2.05, 4.69) is 5.32 Å². The Morgan fingerprint density at radius 1 is 1.40 bits per heavy atom. The van der Waals surface area contributed by atoms with Gasteiger partial charge in [-0.1, -0.05) is 12.8 Å². The van der Waals surface area contributed by atoms with Crippen molar-refractivity contribution in [3.63, 3.8) is 0 Å². The maximum atomic E-state index is 11.6. The summed E-state index contributed by atoms with van der Waals surface area (Å²) in [4.78, 5) is 24.9. The zero-order valence-electron chi connectivity index (χ0n) is 11.6. The van der Waals surface area contributed by atoms with Gasteiger partial charge in [0.1, 0.15) is 6.04 Å². The molecule has 0 bridgehead atoms. The van der Waals surface area contributed by atoms with Gasteiger partial charge in [0.15, 0.2) is 0 Å². The second kappa shape index (κ2) is 5.33. The molecule has 2 atom stereocenters. The van der Waals surface area contributed by atoms with Gasteiger partial charge in [0, 0.05) is 19.2 Å². The Labute approximate surface area is 118 Å².